The van der Waals surface area contributed by atoms with Crippen LogP contribution >= 0.6 is 0 Å². The van der Waals surface area contributed by atoms with Gasteiger partial charge in [-0.25, -0.2) is 0 Å². The predicted octanol–water partition coefficient (Wildman–Crippen LogP) is 1.19. The number of carbonyl (C=O) groups excluding carboxylic acids is 2. The van der Waals surface area contributed by atoms with Crippen LogP contribution < -0.4 is 5.32 Å². The lowest BCUT2D eigenvalue weighted by atomic mass is 9.92. The molecule has 3 rings (SSSR count). The van der Waals surface area contributed by atoms with Crippen molar-refractivity contribution in [3.05, 3.63) is 35.4 Å². The van der Waals surface area contributed by atoms with Crippen molar-refractivity contribution in [3.8, 4) is 0 Å². The first-order valence-electron chi connectivity index (χ1n) is 6.78. The summed E-state index contributed by atoms with van der Waals surface area (Å²) < 4.78 is 5.55. The molecule has 1 fully saturated rings. The van der Waals surface area contributed by atoms with Crippen LogP contribution in [0.2, 0.25) is 0 Å². The Morgan fingerprint density at radius 3 is 2.84 bits per heavy atom. The molecule has 2 heterocycles. The maximum Gasteiger partial charge on any atom is 0.233 e. The van der Waals surface area contributed by atoms with Gasteiger partial charge >= 0.3 is 0 Å². The fourth-order valence-electron chi connectivity index (χ4n) is 2.82. The number of ketones is 2. The molecule has 1 saturated heterocycles. The molecular weight excluding hydrogens is 242 g/mol. The molecule has 0 aromatic heterocycles. The summed E-state index contributed by atoms with van der Waals surface area (Å²) in [6.45, 7) is 1.31. The molecule has 4 heteroatoms. The lowest BCUT2D eigenvalue weighted by Gasteiger charge is -2.25. The molecule has 19 heavy (non-hydrogen) atoms. The van der Waals surface area contributed by atoms with E-state index in [2.05, 4.69) is 5.32 Å². The highest BCUT2D eigenvalue weighted by Crippen LogP contribution is 2.28. The van der Waals surface area contributed by atoms with Crippen molar-refractivity contribution in [2.45, 2.75) is 31.4 Å². The molecule has 0 spiro atoms. The lowest BCUT2D eigenvalue weighted by molar-refractivity contribution is -0.145. The first-order chi connectivity index (χ1) is 9.27. The molecule has 0 amide bonds. The van der Waals surface area contributed by atoms with E-state index in [0.717, 1.165) is 36.9 Å². The van der Waals surface area contributed by atoms with E-state index in [1.165, 1.54) is 0 Å². The molecule has 0 saturated carbocycles. The fraction of sp³-hybridized carbons (Fsp3) is 0.467. The highest BCUT2D eigenvalue weighted by Gasteiger charge is 2.36. The molecule has 0 bridgehead atoms. The highest BCUT2D eigenvalue weighted by atomic mass is 16.5. The van der Waals surface area contributed by atoms with E-state index in [1.807, 2.05) is 24.3 Å². The standard InChI is InChI=1S/C15H17NO3/c17-13(12-6-3-8-16-12)14(18)15-11-5-2-1-4-10(11)7-9-19-15/h1-2,4-5,12,15-16H,3,6-9H2/t12-,15?/m0/s1. The number of benzene rings is 1. The second-order valence-electron chi connectivity index (χ2n) is 5.08. The minimum absolute atomic E-state index is 0.315. The Labute approximate surface area is 112 Å². The van der Waals surface area contributed by atoms with Crippen molar-refractivity contribution in [2.75, 3.05) is 13.2 Å². The summed E-state index contributed by atoms with van der Waals surface area (Å²) in [6.07, 6.45) is 1.79. The first-order valence-corrected chi connectivity index (χ1v) is 6.78. The quantitative estimate of drug-likeness (QED) is 0.828. The van der Waals surface area contributed by atoms with E-state index in [-0.39, 0.29) is 11.8 Å². The number of rotatable bonds is 3. The molecule has 1 unspecified atom stereocenters. The monoisotopic (exact) mass is 259 g/mol. The van der Waals surface area contributed by atoms with E-state index in [1.54, 1.807) is 0 Å². The third kappa shape index (κ3) is 2.33. The van der Waals surface area contributed by atoms with Crippen molar-refractivity contribution >= 4 is 11.6 Å². The summed E-state index contributed by atoms with van der Waals surface area (Å²) >= 11 is 0. The second-order valence-corrected chi connectivity index (χ2v) is 5.08. The lowest BCUT2D eigenvalue weighted by Crippen LogP contribution is -2.40. The van der Waals surface area contributed by atoms with E-state index in [0.29, 0.717) is 6.61 Å². The number of hydrogen-bond acceptors (Lipinski definition) is 4. The summed E-state index contributed by atoms with van der Waals surface area (Å²) in [6, 6.07) is 7.39. The number of carbonyl (C=O) groups is 2. The van der Waals surface area contributed by atoms with Crippen LogP contribution in [-0.2, 0) is 20.7 Å². The summed E-state index contributed by atoms with van der Waals surface area (Å²) in [5.41, 5.74) is 1.96. The van der Waals surface area contributed by atoms with Gasteiger partial charge in [-0.05, 0) is 36.9 Å². The Morgan fingerprint density at radius 2 is 2.05 bits per heavy atom. The Kier molecular flexibility index (Phi) is 3.44. The molecule has 0 radical (unpaired) electrons. The van der Waals surface area contributed by atoms with Gasteiger partial charge in [0.15, 0.2) is 0 Å². The smallest absolute Gasteiger partial charge is 0.233 e. The van der Waals surface area contributed by atoms with E-state index >= 15 is 0 Å². The maximum absolute atomic E-state index is 12.3. The predicted molar refractivity (Wildman–Crippen MR) is 69.9 cm³/mol. The van der Waals surface area contributed by atoms with Crippen molar-refractivity contribution < 1.29 is 14.3 Å². The molecule has 1 N–H and O–H groups in total. The number of nitrogens with one attached hydrogen (secondary N) is 1. The zero-order chi connectivity index (χ0) is 13.2. The topological polar surface area (TPSA) is 55.4 Å². The van der Waals surface area contributed by atoms with E-state index < -0.39 is 11.9 Å². The summed E-state index contributed by atoms with van der Waals surface area (Å²) in [4.78, 5) is 24.5. The summed E-state index contributed by atoms with van der Waals surface area (Å²) in [5.74, 6) is -0.745. The molecule has 1 aromatic rings. The van der Waals surface area contributed by atoms with Gasteiger partial charge in [-0.3, -0.25) is 9.59 Å². The van der Waals surface area contributed by atoms with Gasteiger partial charge in [0.25, 0.3) is 0 Å². The average molecular weight is 259 g/mol. The largest absolute Gasteiger partial charge is 0.365 e. The molecule has 4 nitrogen and oxygen atoms in total. The van der Waals surface area contributed by atoms with E-state index in [9.17, 15) is 9.59 Å². The molecule has 100 valence electrons. The zero-order valence-electron chi connectivity index (χ0n) is 10.7. The molecule has 2 atom stereocenters. The normalized spacial score (nSPS) is 25.9. The molecular formula is C15H17NO3. The van der Waals surface area contributed by atoms with Crippen LogP contribution in [0.1, 0.15) is 30.1 Å². The van der Waals surface area contributed by atoms with Gasteiger partial charge in [-0.2, -0.15) is 0 Å². The van der Waals surface area contributed by atoms with Crippen LogP contribution in [0.3, 0.4) is 0 Å². The van der Waals surface area contributed by atoms with Crippen molar-refractivity contribution in [1.82, 2.24) is 5.32 Å². The van der Waals surface area contributed by atoms with Gasteiger partial charge in [-0.15, -0.1) is 0 Å². The van der Waals surface area contributed by atoms with Crippen LogP contribution in [0.15, 0.2) is 24.3 Å². The maximum atomic E-state index is 12.3. The van der Waals surface area contributed by atoms with Crippen LogP contribution in [0.5, 0.6) is 0 Å². The third-order valence-electron chi connectivity index (χ3n) is 3.85. The number of hydrogen-bond donors (Lipinski definition) is 1. The minimum Gasteiger partial charge on any atom is -0.365 e. The van der Waals surface area contributed by atoms with Gasteiger partial charge in [0.1, 0.15) is 6.10 Å². The number of ether oxygens (including phenoxy) is 1. The Morgan fingerprint density at radius 1 is 1.21 bits per heavy atom. The SMILES string of the molecule is O=C(C(=O)[C@@H]1CCCN1)C1OCCc2ccccc21. The highest BCUT2D eigenvalue weighted by molar-refractivity contribution is 6.40. The molecule has 2 aliphatic heterocycles. The fourth-order valence-corrected chi connectivity index (χ4v) is 2.82. The Hall–Kier alpha value is -1.52. The van der Waals surface area contributed by atoms with E-state index in [4.69, 9.17) is 4.74 Å². The Balaban J connectivity index is 1.82. The van der Waals surface area contributed by atoms with Crippen molar-refractivity contribution in [1.29, 1.82) is 0 Å². The van der Waals surface area contributed by atoms with Crippen LogP contribution in [0, 0.1) is 0 Å². The van der Waals surface area contributed by atoms with Gasteiger partial charge in [0, 0.05) is 0 Å². The molecule has 2 aliphatic rings. The van der Waals surface area contributed by atoms with Crippen LogP contribution in [-0.4, -0.2) is 30.8 Å². The third-order valence-corrected chi connectivity index (χ3v) is 3.85. The number of Topliss-reactive ketones (excluding diaryl/α,β-unsaturated/α-hetero) is 2. The molecule has 1 aromatic carbocycles. The minimum atomic E-state index is -0.708. The van der Waals surface area contributed by atoms with Crippen LogP contribution in [0.4, 0.5) is 0 Å². The molecule has 0 aliphatic carbocycles. The number of fused-ring (bicyclic) bond motifs is 1. The average Bonchev–Trinajstić information content (AvgIpc) is 2.99. The van der Waals surface area contributed by atoms with Gasteiger partial charge in [0.05, 0.1) is 12.6 Å². The summed E-state index contributed by atoms with van der Waals surface area (Å²) in [5, 5.41) is 3.07. The first kappa shape index (κ1) is 12.5. The van der Waals surface area contributed by atoms with Crippen molar-refractivity contribution in [3.63, 3.8) is 0 Å². The Bertz CT molecular complexity index is 506. The van der Waals surface area contributed by atoms with Gasteiger partial charge in [-0.1, -0.05) is 24.3 Å². The van der Waals surface area contributed by atoms with Crippen molar-refractivity contribution in [2.24, 2.45) is 0 Å². The van der Waals surface area contributed by atoms with Gasteiger partial charge in [0.2, 0.25) is 11.6 Å². The summed E-state index contributed by atoms with van der Waals surface area (Å²) in [7, 11) is 0. The second kappa shape index (κ2) is 5.23. The van der Waals surface area contributed by atoms with Crippen LogP contribution in [0.25, 0.3) is 0 Å². The zero-order valence-corrected chi connectivity index (χ0v) is 10.7. The van der Waals surface area contributed by atoms with Gasteiger partial charge < -0.3 is 10.1 Å².